The van der Waals surface area contributed by atoms with Crippen LogP contribution in [0.5, 0.6) is 5.75 Å². The minimum Gasteiger partial charge on any atom is -0.497 e. The molecule has 0 aliphatic rings. The van der Waals surface area contributed by atoms with Gasteiger partial charge in [0, 0.05) is 4.43 Å². The summed E-state index contributed by atoms with van der Waals surface area (Å²) in [6.07, 6.45) is 1.90. The second-order valence-electron chi connectivity index (χ2n) is 3.04. The molecule has 0 fully saturated rings. The average molecular weight is 318 g/mol. The SMILES string of the molecule is C=CCOC(CI)c1ccc(OC)cc1. The summed E-state index contributed by atoms with van der Waals surface area (Å²) < 4.78 is 11.7. The monoisotopic (exact) mass is 318 g/mol. The Morgan fingerprint density at radius 3 is 2.53 bits per heavy atom. The van der Waals surface area contributed by atoms with Gasteiger partial charge in [0.05, 0.1) is 19.8 Å². The largest absolute Gasteiger partial charge is 0.497 e. The van der Waals surface area contributed by atoms with E-state index in [-0.39, 0.29) is 6.10 Å². The van der Waals surface area contributed by atoms with Gasteiger partial charge in [-0.2, -0.15) is 0 Å². The molecule has 0 aliphatic carbocycles. The Balaban J connectivity index is 2.69. The van der Waals surface area contributed by atoms with Crippen LogP contribution in [0.2, 0.25) is 0 Å². The zero-order valence-electron chi connectivity index (χ0n) is 8.78. The van der Waals surface area contributed by atoms with E-state index >= 15 is 0 Å². The molecule has 1 rings (SSSR count). The van der Waals surface area contributed by atoms with Gasteiger partial charge >= 0.3 is 0 Å². The average Bonchev–Trinajstić information content (AvgIpc) is 2.31. The van der Waals surface area contributed by atoms with Gasteiger partial charge in [-0.15, -0.1) is 6.58 Å². The molecule has 15 heavy (non-hydrogen) atoms. The molecule has 2 nitrogen and oxygen atoms in total. The highest BCUT2D eigenvalue weighted by Crippen LogP contribution is 2.22. The predicted octanol–water partition coefficient (Wildman–Crippen LogP) is 3.37. The first-order valence-electron chi connectivity index (χ1n) is 4.74. The zero-order chi connectivity index (χ0) is 11.1. The quantitative estimate of drug-likeness (QED) is 0.455. The van der Waals surface area contributed by atoms with Crippen LogP contribution in [-0.4, -0.2) is 18.1 Å². The van der Waals surface area contributed by atoms with E-state index in [1.54, 1.807) is 13.2 Å². The molecular weight excluding hydrogens is 303 g/mol. The van der Waals surface area contributed by atoms with Crippen LogP contribution in [0.25, 0.3) is 0 Å². The number of benzene rings is 1. The molecule has 0 bridgehead atoms. The van der Waals surface area contributed by atoms with Crippen LogP contribution in [0.4, 0.5) is 0 Å². The molecule has 0 aliphatic heterocycles. The maximum absolute atomic E-state index is 5.63. The van der Waals surface area contributed by atoms with Crippen molar-refractivity contribution in [1.29, 1.82) is 0 Å². The van der Waals surface area contributed by atoms with Crippen molar-refractivity contribution in [3.63, 3.8) is 0 Å². The zero-order valence-corrected chi connectivity index (χ0v) is 10.9. The third kappa shape index (κ3) is 3.83. The molecule has 0 radical (unpaired) electrons. The van der Waals surface area contributed by atoms with Crippen LogP contribution in [0.3, 0.4) is 0 Å². The molecule has 0 spiro atoms. The first-order chi connectivity index (χ1) is 7.31. The van der Waals surface area contributed by atoms with E-state index in [1.807, 2.05) is 24.3 Å². The van der Waals surface area contributed by atoms with Crippen molar-refractivity contribution in [2.24, 2.45) is 0 Å². The fourth-order valence-corrected chi connectivity index (χ4v) is 2.00. The maximum Gasteiger partial charge on any atom is 0.118 e. The number of hydrogen-bond acceptors (Lipinski definition) is 2. The molecule has 0 saturated carbocycles. The van der Waals surface area contributed by atoms with Gasteiger partial charge in [-0.1, -0.05) is 40.8 Å². The lowest BCUT2D eigenvalue weighted by Gasteiger charge is -2.14. The number of alkyl halides is 1. The highest BCUT2D eigenvalue weighted by Gasteiger charge is 2.09. The molecule has 1 aromatic rings. The summed E-state index contributed by atoms with van der Waals surface area (Å²) in [7, 11) is 1.67. The van der Waals surface area contributed by atoms with Crippen LogP contribution < -0.4 is 4.74 Å². The van der Waals surface area contributed by atoms with E-state index in [1.165, 1.54) is 5.56 Å². The predicted molar refractivity (Wildman–Crippen MR) is 70.8 cm³/mol. The van der Waals surface area contributed by atoms with E-state index in [4.69, 9.17) is 9.47 Å². The fraction of sp³-hybridized carbons (Fsp3) is 0.333. The normalized spacial score (nSPS) is 12.1. The summed E-state index contributed by atoms with van der Waals surface area (Å²) in [6.45, 7) is 4.22. The number of ether oxygens (including phenoxy) is 2. The van der Waals surface area contributed by atoms with Gasteiger partial charge < -0.3 is 9.47 Å². The Hall–Kier alpha value is -0.550. The number of hydrogen-bond donors (Lipinski definition) is 0. The summed E-state index contributed by atoms with van der Waals surface area (Å²) in [5, 5.41) is 0. The number of rotatable bonds is 6. The highest BCUT2D eigenvalue weighted by molar-refractivity contribution is 14.1. The van der Waals surface area contributed by atoms with E-state index in [2.05, 4.69) is 29.2 Å². The first-order valence-corrected chi connectivity index (χ1v) is 6.26. The summed E-state index contributed by atoms with van der Waals surface area (Å²) >= 11 is 2.32. The van der Waals surface area contributed by atoms with Crippen LogP contribution in [0, 0.1) is 0 Å². The Bertz CT molecular complexity index is 295. The van der Waals surface area contributed by atoms with Crippen molar-refractivity contribution in [1.82, 2.24) is 0 Å². The lowest BCUT2D eigenvalue weighted by Crippen LogP contribution is -2.05. The molecule has 1 aromatic carbocycles. The molecule has 0 heterocycles. The van der Waals surface area contributed by atoms with E-state index in [9.17, 15) is 0 Å². The van der Waals surface area contributed by atoms with Gasteiger partial charge in [0.2, 0.25) is 0 Å². The fourth-order valence-electron chi connectivity index (χ4n) is 1.23. The molecule has 3 heteroatoms. The molecule has 0 amide bonds. The molecule has 82 valence electrons. The molecule has 1 atom stereocenters. The third-order valence-electron chi connectivity index (χ3n) is 2.04. The maximum atomic E-state index is 5.63. The molecule has 0 N–H and O–H groups in total. The summed E-state index contributed by atoms with van der Waals surface area (Å²) in [5.74, 6) is 0.870. The minimum absolute atomic E-state index is 0.134. The minimum atomic E-state index is 0.134. The van der Waals surface area contributed by atoms with Crippen molar-refractivity contribution < 1.29 is 9.47 Å². The van der Waals surface area contributed by atoms with Gasteiger partial charge in [0.25, 0.3) is 0 Å². The van der Waals surface area contributed by atoms with Crippen molar-refractivity contribution in [2.45, 2.75) is 6.10 Å². The third-order valence-corrected chi connectivity index (χ3v) is 2.84. The van der Waals surface area contributed by atoms with Gasteiger partial charge in [-0.3, -0.25) is 0 Å². The molecular formula is C12H15IO2. The highest BCUT2D eigenvalue weighted by atomic mass is 127. The molecule has 1 unspecified atom stereocenters. The Kier molecular flexibility index (Phi) is 5.71. The van der Waals surface area contributed by atoms with Gasteiger partial charge in [-0.05, 0) is 17.7 Å². The van der Waals surface area contributed by atoms with Crippen LogP contribution in [-0.2, 0) is 4.74 Å². The Morgan fingerprint density at radius 1 is 1.40 bits per heavy atom. The lowest BCUT2D eigenvalue weighted by atomic mass is 10.1. The standard InChI is InChI=1S/C12H15IO2/c1-3-8-15-12(9-13)10-4-6-11(14-2)7-5-10/h3-7,12H,1,8-9H2,2H3. The lowest BCUT2D eigenvalue weighted by molar-refractivity contribution is 0.0944. The van der Waals surface area contributed by atoms with E-state index in [0.29, 0.717) is 6.61 Å². The summed E-state index contributed by atoms with van der Waals surface area (Å²) in [5.41, 5.74) is 1.17. The van der Waals surface area contributed by atoms with Gasteiger partial charge in [0.15, 0.2) is 0 Å². The van der Waals surface area contributed by atoms with Gasteiger partial charge in [-0.25, -0.2) is 0 Å². The smallest absolute Gasteiger partial charge is 0.118 e. The van der Waals surface area contributed by atoms with E-state index in [0.717, 1.165) is 10.2 Å². The number of methoxy groups -OCH3 is 1. The topological polar surface area (TPSA) is 18.5 Å². The Labute approximate surface area is 104 Å². The van der Waals surface area contributed by atoms with Crippen molar-refractivity contribution in [2.75, 3.05) is 18.1 Å². The van der Waals surface area contributed by atoms with Crippen molar-refractivity contribution >= 4 is 22.6 Å². The van der Waals surface area contributed by atoms with Gasteiger partial charge in [0.1, 0.15) is 5.75 Å². The summed E-state index contributed by atoms with van der Waals surface area (Å²) in [6, 6.07) is 7.97. The van der Waals surface area contributed by atoms with Crippen molar-refractivity contribution in [3.8, 4) is 5.75 Å². The van der Waals surface area contributed by atoms with Crippen molar-refractivity contribution in [3.05, 3.63) is 42.5 Å². The first kappa shape index (κ1) is 12.5. The molecule has 0 aromatic heterocycles. The van der Waals surface area contributed by atoms with E-state index < -0.39 is 0 Å². The second-order valence-corrected chi connectivity index (χ2v) is 3.92. The second kappa shape index (κ2) is 6.85. The summed E-state index contributed by atoms with van der Waals surface area (Å²) in [4.78, 5) is 0. The Morgan fingerprint density at radius 2 is 2.07 bits per heavy atom. The van der Waals surface area contributed by atoms with Crippen LogP contribution >= 0.6 is 22.6 Å². The number of halogens is 1. The molecule has 0 saturated heterocycles. The van der Waals surface area contributed by atoms with Crippen LogP contribution in [0.15, 0.2) is 36.9 Å². The van der Waals surface area contributed by atoms with Crippen LogP contribution in [0.1, 0.15) is 11.7 Å².